The summed E-state index contributed by atoms with van der Waals surface area (Å²) in [6.07, 6.45) is -0.859. The SMILES string of the molecule is OC(c1ccc(F)c(Cl)c1)c1cc(Cl)c(Br)s1. The van der Waals surface area contributed by atoms with E-state index >= 15 is 0 Å². The average Bonchev–Trinajstić information content (AvgIpc) is 2.62. The second-order valence-corrected chi connectivity index (χ2v) is 6.56. The van der Waals surface area contributed by atoms with E-state index in [2.05, 4.69) is 15.9 Å². The van der Waals surface area contributed by atoms with Crippen LogP contribution in [0.2, 0.25) is 10.0 Å². The van der Waals surface area contributed by atoms with E-state index < -0.39 is 11.9 Å². The van der Waals surface area contributed by atoms with E-state index in [0.29, 0.717) is 15.5 Å². The summed E-state index contributed by atoms with van der Waals surface area (Å²) in [5.74, 6) is -0.506. The van der Waals surface area contributed by atoms with Crippen LogP contribution in [0, 0.1) is 5.82 Å². The van der Waals surface area contributed by atoms with Gasteiger partial charge < -0.3 is 5.11 Å². The van der Waals surface area contributed by atoms with Crippen LogP contribution in [-0.2, 0) is 0 Å². The maximum atomic E-state index is 13.0. The second-order valence-electron chi connectivity index (χ2n) is 3.35. The van der Waals surface area contributed by atoms with Crippen LogP contribution >= 0.6 is 50.5 Å². The van der Waals surface area contributed by atoms with Crippen molar-refractivity contribution in [3.63, 3.8) is 0 Å². The van der Waals surface area contributed by atoms with Gasteiger partial charge in [-0.2, -0.15) is 0 Å². The molecular formula is C11H6BrCl2FOS. The van der Waals surface area contributed by atoms with Crippen LogP contribution < -0.4 is 0 Å². The lowest BCUT2D eigenvalue weighted by Crippen LogP contribution is -1.97. The topological polar surface area (TPSA) is 20.2 Å². The van der Waals surface area contributed by atoms with E-state index in [-0.39, 0.29) is 5.02 Å². The molecule has 6 heteroatoms. The molecule has 0 saturated carbocycles. The van der Waals surface area contributed by atoms with Gasteiger partial charge in [-0.1, -0.05) is 29.3 Å². The Hall–Kier alpha value is -0.130. The Balaban J connectivity index is 2.36. The Morgan fingerprint density at radius 1 is 1.24 bits per heavy atom. The molecule has 0 aliphatic heterocycles. The highest BCUT2D eigenvalue weighted by Gasteiger charge is 2.16. The summed E-state index contributed by atoms with van der Waals surface area (Å²) < 4.78 is 13.7. The maximum Gasteiger partial charge on any atom is 0.141 e. The highest BCUT2D eigenvalue weighted by Crippen LogP contribution is 2.37. The summed E-state index contributed by atoms with van der Waals surface area (Å²) in [6.45, 7) is 0. The lowest BCUT2D eigenvalue weighted by molar-refractivity contribution is 0.224. The first kappa shape index (κ1) is 13.3. The predicted molar refractivity (Wildman–Crippen MR) is 72.5 cm³/mol. The molecule has 1 aromatic carbocycles. The van der Waals surface area contributed by atoms with Crippen molar-refractivity contribution < 1.29 is 9.50 Å². The normalized spacial score (nSPS) is 12.8. The van der Waals surface area contributed by atoms with Crippen LogP contribution in [0.5, 0.6) is 0 Å². The van der Waals surface area contributed by atoms with Gasteiger partial charge in [0, 0.05) is 4.88 Å². The number of benzene rings is 1. The zero-order valence-corrected chi connectivity index (χ0v) is 12.2. The first-order valence-corrected chi connectivity index (χ1v) is 6.93. The molecule has 1 aromatic heterocycles. The van der Waals surface area contributed by atoms with Crippen molar-refractivity contribution in [2.45, 2.75) is 6.10 Å². The van der Waals surface area contributed by atoms with Crippen LogP contribution in [-0.4, -0.2) is 5.11 Å². The van der Waals surface area contributed by atoms with E-state index in [4.69, 9.17) is 23.2 Å². The lowest BCUT2D eigenvalue weighted by atomic mass is 10.1. The molecule has 0 saturated heterocycles. The number of aliphatic hydroxyl groups excluding tert-OH is 1. The fourth-order valence-electron chi connectivity index (χ4n) is 1.34. The fourth-order valence-corrected chi connectivity index (χ4v) is 3.29. The van der Waals surface area contributed by atoms with E-state index in [1.165, 1.54) is 29.5 Å². The Kier molecular flexibility index (Phi) is 4.10. The molecule has 1 heterocycles. The minimum atomic E-state index is -0.859. The van der Waals surface area contributed by atoms with Gasteiger partial charge in [-0.25, -0.2) is 4.39 Å². The minimum absolute atomic E-state index is 0.0109. The molecule has 17 heavy (non-hydrogen) atoms. The van der Waals surface area contributed by atoms with Crippen molar-refractivity contribution in [1.82, 2.24) is 0 Å². The van der Waals surface area contributed by atoms with Crippen LogP contribution in [0.15, 0.2) is 28.1 Å². The van der Waals surface area contributed by atoms with Gasteiger partial charge in [0.25, 0.3) is 0 Å². The summed E-state index contributed by atoms with van der Waals surface area (Å²) in [5.41, 5.74) is 0.529. The van der Waals surface area contributed by atoms with E-state index in [1.807, 2.05) is 0 Å². The van der Waals surface area contributed by atoms with Crippen molar-refractivity contribution in [2.24, 2.45) is 0 Å². The highest BCUT2D eigenvalue weighted by atomic mass is 79.9. The van der Waals surface area contributed by atoms with Crippen LogP contribution in [0.4, 0.5) is 4.39 Å². The number of thiophene rings is 1. The number of hydrogen-bond donors (Lipinski definition) is 1. The summed E-state index contributed by atoms with van der Waals surface area (Å²) in [6, 6.07) is 5.79. The molecule has 0 aliphatic rings. The smallest absolute Gasteiger partial charge is 0.141 e. The third-order valence-electron chi connectivity index (χ3n) is 2.19. The van der Waals surface area contributed by atoms with Gasteiger partial charge in [0.1, 0.15) is 11.9 Å². The molecule has 90 valence electrons. The van der Waals surface area contributed by atoms with E-state index in [0.717, 1.165) is 3.79 Å². The van der Waals surface area contributed by atoms with E-state index in [1.54, 1.807) is 6.07 Å². The monoisotopic (exact) mass is 354 g/mol. The molecular weight excluding hydrogens is 350 g/mol. The molecule has 1 unspecified atom stereocenters. The van der Waals surface area contributed by atoms with Crippen molar-refractivity contribution in [3.05, 3.63) is 54.4 Å². The molecule has 2 aromatic rings. The maximum absolute atomic E-state index is 13.0. The first-order valence-electron chi connectivity index (χ1n) is 4.57. The van der Waals surface area contributed by atoms with Crippen LogP contribution in [0.3, 0.4) is 0 Å². The summed E-state index contributed by atoms with van der Waals surface area (Å²) in [4.78, 5) is 0.671. The standard InChI is InChI=1S/C11H6BrCl2FOS/c12-11-7(14)4-9(17-11)10(16)5-1-2-8(15)6(13)3-5/h1-4,10,16H. The molecule has 0 spiro atoms. The fraction of sp³-hybridized carbons (Fsp3) is 0.0909. The zero-order valence-electron chi connectivity index (χ0n) is 8.25. The zero-order chi connectivity index (χ0) is 12.6. The summed E-state index contributed by atoms with van der Waals surface area (Å²) in [5, 5.41) is 10.6. The Bertz CT molecular complexity index is 539. The number of hydrogen-bond acceptors (Lipinski definition) is 2. The van der Waals surface area contributed by atoms with Crippen molar-refractivity contribution in [1.29, 1.82) is 0 Å². The van der Waals surface area contributed by atoms with Gasteiger partial charge in [0.15, 0.2) is 0 Å². The second kappa shape index (κ2) is 5.24. The van der Waals surface area contributed by atoms with Crippen LogP contribution in [0.25, 0.3) is 0 Å². The number of rotatable bonds is 2. The van der Waals surface area contributed by atoms with Crippen molar-refractivity contribution in [3.8, 4) is 0 Å². The molecule has 0 aliphatic carbocycles. The summed E-state index contributed by atoms with van der Waals surface area (Å²) in [7, 11) is 0. The quantitative estimate of drug-likeness (QED) is 0.800. The van der Waals surface area contributed by atoms with Crippen LogP contribution in [0.1, 0.15) is 16.5 Å². The predicted octanol–water partition coefficient (Wildman–Crippen LogP) is 5.04. The third-order valence-corrected chi connectivity index (χ3v) is 5.01. The highest BCUT2D eigenvalue weighted by molar-refractivity contribution is 9.11. The Morgan fingerprint density at radius 2 is 1.94 bits per heavy atom. The summed E-state index contributed by atoms with van der Waals surface area (Å²) >= 11 is 16.1. The molecule has 1 N–H and O–H groups in total. The number of aliphatic hydroxyl groups is 1. The number of halogens is 4. The lowest BCUT2D eigenvalue weighted by Gasteiger charge is -2.09. The third kappa shape index (κ3) is 2.83. The molecule has 1 nitrogen and oxygen atoms in total. The minimum Gasteiger partial charge on any atom is -0.383 e. The van der Waals surface area contributed by atoms with Gasteiger partial charge in [-0.05, 0) is 39.7 Å². The molecule has 1 atom stereocenters. The van der Waals surface area contributed by atoms with Gasteiger partial charge >= 0.3 is 0 Å². The molecule has 0 radical (unpaired) electrons. The largest absolute Gasteiger partial charge is 0.383 e. The van der Waals surface area contributed by atoms with Gasteiger partial charge in [0.05, 0.1) is 13.8 Å². The molecule has 2 rings (SSSR count). The van der Waals surface area contributed by atoms with Crippen molar-refractivity contribution in [2.75, 3.05) is 0 Å². The van der Waals surface area contributed by atoms with Gasteiger partial charge in [-0.15, -0.1) is 11.3 Å². The molecule has 0 amide bonds. The molecule has 0 fully saturated rings. The van der Waals surface area contributed by atoms with Gasteiger partial charge in [0.2, 0.25) is 0 Å². The Labute approximate surface area is 120 Å². The Morgan fingerprint density at radius 3 is 2.47 bits per heavy atom. The van der Waals surface area contributed by atoms with Crippen molar-refractivity contribution >= 4 is 50.5 Å². The van der Waals surface area contributed by atoms with Gasteiger partial charge in [-0.3, -0.25) is 0 Å². The average molecular weight is 356 g/mol. The molecule has 0 bridgehead atoms. The first-order chi connectivity index (χ1) is 7.99. The van der Waals surface area contributed by atoms with E-state index in [9.17, 15) is 9.50 Å².